The van der Waals surface area contributed by atoms with Crippen molar-refractivity contribution in [2.75, 3.05) is 13.1 Å². The van der Waals surface area contributed by atoms with Gasteiger partial charge in [-0.3, -0.25) is 4.79 Å². The maximum Gasteiger partial charge on any atom is 0.246 e. The zero-order valence-electron chi connectivity index (χ0n) is 12.1. The van der Waals surface area contributed by atoms with Gasteiger partial charge in [-0.05, 0) is 35.3 Å². The molecular weight excluding hydrogens is 258 g/mol. The molecule has 21 heavy (non-hydrogen) atoms. The maximum absolute atomic E-state index is 12.2. The second-order valence-electron chi connectivity index (χ2n) is 5.48. The molecule has 106 valence electrons. The fourth-order valence-corrected chi connectivity index (χ4v) is 2.71. The summed E-state index contributed by atoms with van der Waals surface area (Å²) in [7, 11) is 0. The quantitative estimate of drug-likeness (QED) is 0.599. The van der Waals surface area contributed by atoms with Crippen LogP contribution in [0.4, 0.5) is 0 Å². The average Bonchev–Trinajstić information content (AvgIpc) is 2.53. The molecule has 0 atom stereocenters. The molecule has 1 heterocycles. The maximum atomic E-state index is 12.2. The first-order valence-corrected chi connectivity index (χ1v) is 7.35. The molecule has 0 radical (unpaired) electrons. The number of carbonyl (C=O) groups is 1. The highest BCUT2D eigenvalue weighted by Gasteiger charge is 2.15. The predicted octanol–water partition coefficient (Wildman–Crippen LogP) is 4.03. The van der Waals surface area contributed by atoms with Crippen molar-refractivity contribution in [1.82, 2.24) is 4.90 Å². The molecule has 0 N–H and O–H groups in total. The molecule has 1 amide bonds. The lowest BCUT2D eigenvalue weighted by Gasteiger charge is -2.26. The molecule has 3 rings (SSSR count). The highest BCUT2D eigenvalue weighted by atomic mass is 16.2. The van der Waals surface area contributed by atoms with Crippen LogP contribution in [0.5, 0.6) is 0 Å². The average molecular weight is 277 g/mol. The number of benzene rings is 2. The lowest BCUT2D eigenvalue weighted by Crippen LogP contribution is -2.34. The fraction of sp³-hybridized carbons (Fsp3) is 0.211. The van der Waals surface area contributed by atoms with Gasteiger partial charge >= 0.3 is 0 Å². The number of amides is 1. The van der Waals surface area contributed by atoms with E-state index in [2.05, 4.69) is 24.8 Å². The Morgan fingerprint density at radius 1 is 1.05 bits per heavy atom. The van der Waals surface area contributed by atoms with E-state index in [1.165, 1.54) is 16.3 Å². The van der Waals surface area contributed by atoms with E-state index in [0.29, 0.717) is 0 Å². The van der Waals surface area contributed by atoms with E-state index in [0.717, 1.165) is 31.5 Å². The van der Waals surface area contributed by atoms with Gasteiger partial charge in [0.1, 0.15) is 0 Å². The van der Waals surface area contributed by atoms with Crippen molar-refractivity contribution in [3.8, 4) is 0 Å². The zero-order chi connectivity index (χ0) is 14.7. The summed E-state index contributed by atoms with van der Waals surface area (Å²) in [6, 6.07) is 14.4. The topological polar surface area (TPSA) is 20.3 Å². The number of hydrogen-bond acceptors (Lipinski definition) is 1. The van der Waals surface area contributed by atoms with Crippen molar-refractivity contribution in [2.24, 2.45) is 0 Å². The van der Waals surface area contributed by atoms with Crippen LogP contribution in [0.2, 0.25) is 0 Å². The van der Waals surface area contributed by atoms with Crippen LogP contribution in [-0.2, 0) is 4.79 Å². The number of hydrogen-bond donors (Lipinski definition) is 0. The summed E-state index contributed by atoms with van der Waals surface area (Å²) in [5.74, 6) is 0.0930. The first-order chi connectivity index (χ1) is 10.2. The molecule has 1 saturated heterocycles. The Balaban J connectivity index is 1.78. The van der Waals surface area contributed by atoms with Crippen LogP contribution in [0.1, 0.15) is 18.4 Å². The summed E-state index contributed by atoms with van der Waals surface area (Å²) in [5, 5.41) is 2.37. The normalized spacial score (nSPS) is 15.8. The number of nitrogens with zero attached hydrogens (tertiary/aromatic N) is 1. The highest BCUT2D eigenvalue weighted by Crippen LogP contribution is 2.20. The molecule has 2 aromatic carbocycles. The molecule has 0 bridgehead atoms. The second kappa shape index (κ2) is 5.96. The van der Waals surface area contributed by atoms with E-state index in [4.69, 9.17) is 0 Å². The van der Waals surface area contributed by atoms with Gasteiger partial charge in [-0.2, -0.15) is 0 Å². The third kappa shape index (κ3) is 3.05. The van der Waals surface area contributed by atoms with Gasteiger partial charge in [0.05, 0.1) is 0 Å². The van der Waals surface area contributed by atoms with Crippen LogP contribution in [0, 0.1) is 0 Å². The molecule has 0 unspecified atom stereocenters. The standard InChI is InChI=1S/C19H19NO/c1-15-11-13-20(14-12-15)19(21)10-9-17-7-4-6-16-5-2-3-8-18(16)17/h2-10H,1,11-14H2/b10-9+. The van der Waals surface area contributed by atoms with E-state index >= 15 is 0 Å². The number of rotatable bonds is 2. The summed E-state index contributed by atoms with van der Waals surface area (Å²) >= 11 is 0. The highest BCUT2D eigenvalue weighted by molar-refractivity contribution is 5.96. The summed E-state index contributed by atoms with van der Waals surface area (Å²) in [4.78, 5) is 14.1. The molecule has 1 aliphatic rings. The molecule has 1 fully saturated rings. The van der Waals surface area contributed by atoms with Gasteiger partial charge in [-0.25, -0.2) is 0 Å². The Bertz CT molecular complexity index is 699. The van der Waals surface area contributed by atoms with E-state index in [1.807, 2.05) is 35.2 Å². The number of piperidine rings is 1. The molecule has 2 heteroatoms. The Labute approximate surface area is 125 Å². The summed E-state index contributed by atoms with van der Waals surface area (Å²) < 4.78 is 0. The van der Waals surface area contributed by atoms with E-state index in [9.17, 15) is 4.79 Å². The summed E-state index contributed by atoms with van der Waals surface area (Å²) in [5.41, 5.74) is 2.33. The van der Waals surface area contributed by atoms with Gasteiger partial charge in [0.25, 0.3) is 0 Å². The van der Waals surface area contributed by atoms with E-state index < -0.39 is 0 Å². The summed E-state index contributed by atoms with van der Waals surface area (Å²) in [6.07, 6.45) is 5.46. The first-order valence-electron chi connectivity index (χ1n) is 7.35. The van der Waals surface area contributed by atoms with Crippen molar-refractivity contribution >= 4 is 22.8 Å². The van der Waals surface area contributed by atoms with Crippen molar-refractivity contribution in [1.29, 1.82) is 0 Å². The lowest BCUT2D eigenvalue weighted by molar-refractivity contribution is -0.126. The van der Waals surface area contributed by atoms with Crippen molar-refractivity contribution in [2.45, 2.75) is 12.8 Å². The Morgan fingerprint density at radius 3 is 2.57 bits per heavy atom. The van der Waals surface area contributed by atoms with E-state index in [-0.39, 0.29) is 5.91 Å². The monoisotopic (exact) mass is 277 g/mol. The predicted molar refractivity (Wildman–Crippen MR) is 87.9 cm³/mol. The van der Waals surface area contributed by atoms with Gasteiger partial charge in [-0.15, -0.1) is 0 Å². The number of likely N-dealkylation sites (tertiary alicyclic amines) is 1. The molecular formula is C19H19NO. The zero-order valence-corrected chi connectivity index (χ0v) is 12.1. The minimum absolute atomic E-state index is 0.0930. The Hall–Kier alpha value is -2.35. The third-order valence-electron chi connectivity index (χ3n) is 4.01. The minimum atomic E-state index is 0.0930. The third-order valence-corrected chi connectivity index (χ3v) is 4.01. The van der Waals surface area contributed by atoms with Crippen LogP contribution >= 0.6 is 0 Å². The largest absolute Gasteiger partial charge is 0.339 e. The van der Waals surface area contributed by atoms with Gasteiger partial charge in [0, 0.05) is 19.2 Å². The molecule has 0 spiro atoms. The molecule has 2 nitrogen and oxygen atoms in total. The molecule has 1 aliphatic heterocycles. The van der Waals surface area contributed by atoms with Crippen LogP contribution < -0.4 is 0 Å². The van der Waals surface area contributed by atoms with Crippen LogP contribution in [0.15, 0.2) is 60.7 Å². The van der Waals surface area contributed by atoms with Gasteiger partial charge in [-0.1, -0.05) is 54.6 Å². The van der Waals surface area contributed by atoms with Crippen molar-refractivity contribution in [3.63, 3.8) is 0 Å². The van der Waals surface area contributed by atoms with Crippen molar-refractivity contribution in [3.05, 3.63) is 66.3 Å². The smallest absolute Gasteiger partial charge is 0.246 e. The molecule has 0 aromatic heterocycles. The van der Waals surface area contributed by atoms with E-state index in [1.54, 1.807) is 6.08 Å². The first kappa shape index (κ1) is 13.6. The fourth-order valence-electron chi connectivity index (χ4n) is 2.71. The van der Waals surface area contributed by atoms with Crippen LogP contribution in [-0.4, -0.2) is 23.9 Å². The SMILES string of the molecule is C=C1CCN(C(=O)/C=C/c2cccc3ccccc23)CC1. The van der Waals surface area contributed by atoms with Gasteiger partial charge in [0.2, 0.25) is 5.91 Å². The molecule has 2 aromatic rings. The molecule has 0 saturated carbocycles. The summed E-state index contributed by atoms with van der Waals surface area (Å²) in [6.45, 7) is 5.56. The Morgan fingerprint density at radius 2 is 1.76 bits per heavy atom. The van der Waals surface area contributed by atoms with Crippen molar-refractivity contribution < 1.29 is 4.79 Å². The van der Waals surface area contributed by atoms with Gasteiger partial charge in [0.15, 0.2) is 0 Å². The lowest BCUT2D eigenvalue weighted by atomic mass is 10.0. The number of fused-ring (bicyclic) bond motifs is 1. The second-order valence-corrected chi connectivity index (χ2v) is 5.48. The molecule has 0 aliphatic carbocycles. The number of carbonyl (C=O) groups excluding carboxylic acids is 1. The van der Waals surface area contributed by atoms with Gasteiger partial charge < -0.3 is 4.90 Å². The Kier molecular flexibility index (Phi) is 3.87. The minimum Gasteiger partial charge on any atom is -0.339 e. The van der Waals surface area contributed by atoms with Crippen LogP contribution in [0.25, 0.3) is 16.8 Å². The van der Waals surface area contributed by atoms with Crippen LogP contribution in [0.3, 0.4) is 0 Å².